The smallest absolute Gasteiger partial charge is 0.119 e. The van der Waals surface area contributed by atoms with Crippen LogP contribution in [-0.4, -0.2) is 110 Å². The van der Waals surface area contributed by atoms with Gasteiger partial charge in [-0.2, -0.15) is 0 Å². The van der Waals surface area contributed by atoms with Crippen LogP contribution in [0, 0.1) is 0 Å². The molecule has 0 spiro atoms. The average Bonchev–Trinajstić information content (AvgIpc) is 3.04. The highest BCUT2D eigenvalue weighted by molar-refractivity contribution is 5.27. The van der Waals surface area contributed by atoms with Gasteiger partial charge in [0, 0.05) is 51.9 Å². The SMILES string of the molecule is CN1CCN([C@H]2CN(Cc3ccc(OCCOCCO)cc3)C[C@@H]2O)CC1. The van der Waals surface area contributed by atoms with E-state index in [-0.39, 0.29) is 18.8 Å². The van der Waals surface area contributed by atoms with Gasteiger partial charge in [-0.15, -0.1) is 0 Å². The fourth-order valence-corrected chi connectivity index (χ4v) is 3.82. The topological polar surface area (TPSA) is 68.6 Å². The summed E-state index contributed by atoms with van der Waals surface area (Å²) in [6.45, 7) is 8.08. The first-order valence-electron chi connectivity index (χ1n) is 9.89. The number of likely N-dealkylation sites (N-methyl/N-ethyl adjacent to an activating group) is 1. The zero-order valence-corrected chi connectivity index (χ0v) is 16.3. The van der Waals surface area contributed by atoms with Crippen LogP contribution >= 0.6 is 0 Å². The molecule has 0 radical (unpaired) electrons. The molecule has 2 atom stereocenters. The molecule has 7 heteroatoms. The van der Waals surface area contributed by atoms with Crippen molar-refractivity contribution >= 4 is 0 Å². The number of rotatable bonds is 9. The highest BCUT2D eigenvalue weighted by atomic mass is 16.5. The van der Waals surface area contributed by atoms with E-state index in [2.05, 4.69) is 33.9 Å². The molecule has 2 saturated heterocycles. The lowest BCUT2D eigenvalue weighted by Crippen LogP contribution is -2.52. The van der Waals surface area contributed by atoms with E-state index in [0.29, 0.717) is 19.8 Å². The number of piperazine rings is 1. The van der Waals surface area contributed by atoms with E-state index in [1.807, 2.05) is 12.1 Å². The molecule has 1 aromatic rings. The Morgan fingerprint density at radius 3 is 2.44 bits per heavy atom. The second-order valence-corrected chi connectivity index (χ2v) is 7.50. The van der Waals surface area contributed by atoms with Gasteiger partial charge >= 0.3 is 0 Å². The number of aliphatic hydroxyl groups is 2. The van der Waals surface area contributed by atoms with E-state index in [1.54, 1.807) is 0 Å². The molecule has 152 valence electrons. The van der Waals surface area contributed by atoms with Crippen molar-refractivity contribution in [3.8, 4) is 5.75 Å². The summed E-state index contributed by atoms with van der Waals surface area (Å²) in [6, 6.07) is 8.37. The highest BCUT2D eigenvalue weighted by Gasteiger charge is 2.36. The van der Waals surface area contributed by atoms with Crippen LogP contribution in [0.4, 0.5) is 0 Å². The zero-order chi connectivity index (χ0) is 19.1. The normalized spacial score (nSPS) is 25.1. The van der Waals surface area contributed by atoms with Crippen molar-refractivity contribution in [2.24, 2.45) is 0 Å². The second kappa shape index (κ2) is 10.4. The van der Waals surface area contributed by atoms with Gasteiger partial charge in [0.1, 0.15) is 12.4 Å². The number of nitrogens with zero attached hydrogens (tertiary/aromatic N) is 3. The monoisotopic (exact) mass is 379 g/mol. The van der Waals surface area contributed by atoms with Crippen LogP contribution in [0.5, 0.6) is 5.75 Å². The van der Waals surface area contributed by atoms with E-state index in [4.69, 9.17) is 14.6 Å². The summed E-state index contributed by atoms with van der Waals surface area (Å²) in [5, 5.41) is 19.2. The third-order valence-electron chi connectivity index (χ3n) is 5.40. The second-order valence-electron chi connectivity index (χ2n) is 7.50. The Bertz CT molecular complexity index is 549. The number of aliphatic hydroxyl groups excluding tert-OH is 2. The Kier molecular flexibility index (Phi) is 7.87. The minimum absolute atomic E-state index is 0.0373. The third-order valence-corrected chi connectivity index (χ3v) is 5.40. The summed E-state index contributed by atoms with van der Waals surface area (Å²) >= 11 is 0. The van der Waals surface area contributed by atoms with E-state index >= 15 is 0 Å². The molecule has 0 aromatic heterocycles. The van der Waals surface area contributed by atoms with Crippen molar-refractivity contribution in [1.82, 2.24) is 14.7 Å². The summed E-state index contributed by atoms with van der Waals surface area (Å²) in [4.78, 5) is 7.13. The van der Waals surface area contributed by atoms with E-state index < -0.39 is 0 Å². The lowest BCUT2D eigenvalue weighted by Gasteiger charge is -2.37. The third kappa shape index (κ3) is 6.14. The Morgan fingerprint density at radius 1 is 1.00 bits per heavy atom. The molecule has 2 aliphatic heterocycles. The van der Waals surface area contributed by atoms with Crippen LogP contribution in [0.1, 0.15) is 5.56 Å². The lowest BCUT2D eigenvalue weighted by atomic mass is 10.1. The van der Waals surface area contributed by atoms with Gasteiger partial charge in [0.2, 0.25) is 0 Å². The molecule has 2 heterocycles. The molecule has 3 rings (SSSR count). The molecule has 1 aromatic carbocycles. The predicted molar refractivity (Wildman–Crippen MR) is 104 cm³/mol. The molecule has 2 fully saturated rings. The zero-order valence-electron chi connectivity index (χ0n) is 16.3. The van der Waals surface area contributed by atoms with Gasteiger partial charge in [0.15, 0.2) is 0 Å². The van der Waals surface area contributed by atoms with Crippen LogP contribution in [0.3, 0.4) is 0 Å². The number of hydrogen-bond acceptors (Lipinski definition) is 7. The maximum absolute atomic E-state index is 10.5. The molecular formula is C20H33N3O4. The van der Waals surface area contributed by atoms with Gasteiger partial charge < -0.3 is 24.6 Å². The van der Waals surface area contributed by atoms with E-state index in [1.165, 1.54) is 5.56 Å². The maximum Gasteiger partial charge on any atom is 0.119 e. The van der Waals surface area contributed by atoms with Crippen molar-refractivity contribution in [3.05, 3.63) is 29.8 Å². The van der Waals surface area contributed by atoms with Crippen molar-refractivity contribution in [2.75, 3.05) is 72.7 Å². The average molecular weight is 380 g/mol. The van der Waals surface area contributed by atoms with Crippen molar-refractivity contribution in [2.45, 2.75) is 18.7 Å². The Morgan fingerprint density at radius 2 is 1.74 bits per heavy atom. The first-order valence-corrected chi connectivity index (χ1v) is 9.89. The Hall–Kier alpha value is -1.22. The van der Waals surface area contributed by atoms with Crippen LogP contribution in [0.2, 0.25) is 0 Å². The largest absolute Gasteiger partial charge is 0.491 e. The van der Waals surface area contributed by atoms with Crippen molar-refractivity contribution < 1.29 is 19.7 Å². The summed E-state index contributed by atoms with van der Waals surface area (Å²) in [6.07, 6.45) is -0.269. The lowest BCUT2D eigenvalue weighted by molar-refractivity contribution is 0.0512. The predicted octanol–water partition coefficient (Wildman–Crippen LogP) is -0.133. The van der Waals surface area contributed by atoms with Crippen molar-refractivity contribution in [3.63, 3.8) is 0 Å². The van der Waals surface area contributed by atoms with Gasteiger partial charge in [0.25, 0.3) is 0 Å². The van der Waals surface area contributed by atoms with Gasteiger partial charge in [-0.3, -0.25) is 9.80 Å². The molecule has 0 aliphatic carbocycles. The highest BCUT2D eigenvalue weighted by Crippen LogP contribution is 2.21. The summed E-state index contributed by atoms with van der Waals surface area (Å²) < 4.78 is 10.8. The molecule has 2 N–H and O–H groups in total. The summed E-state index contributed by atoms with van der Waals surface area (Å²) in [5.74, 6) is 0.822. The molecule has 0 bridgehead atoms. The molecule has 2 aliphatic rings. The van der Waals surface area contributed by atoms with Gasteiger partial charge in [-0.05, 0) is 24.7 Å². The first-order chi connectivity index (χ1) is 13.2. The molecular weight excluding hydrogens is 346 g/mol. The van der Waals surface area contributed by atoms with Crippen LogP contribution < -0.4 is 4.74 Å². The van der Waals surface area contributed by atoms with Gasteiger partial charge in [0.05, 0.1) is 25.9 Å². The van der Waals surface area contributed by atoms with Gasteiger partial charge in [-0.25, -0.2) is 0 Å². The number of likely N-dealkylation sites (tertiary alicyclic amines) is 1. The van der Waals surface area contributed by atoms with Crippen LogP contribution in [0.25, 0.3) is 0 Å². The summed E-state index contributed by atoms with van der Waals surface area (Å²) in [5.41, 5.74) is 1.23. The number of ether oxygens (including phenoxy) is 2. The van der Waals surface area contributed by atoms with Crippen LogP contribution in [0.15, 0.2) is 24.3 Å². The quantitative estimate of drug-likeness (QED) is 0.579. The molecule has 7 nitrogen and oxygen atoms in total. The molecule has 0 saturated carbocycles. The minimum atomic E-state index is -0.269. The number of benzene rings is 1. The Labute approximate surface area is 162 Å². The first kappa shape index (κ1) is 20.5. The Balaban J connectivity index is 1.42. The van der Waals surface area contributed by atoms with E-state index in [9.17, 15) is 5.11 Å². The minimum Gasteiger partial charge on any atom is -0.491 e. The van der Waals surface area contributed by atoms with Crippen LogP contribution in [-0.2, 0) is 11.3 Å². The fraction of sp³-hybridized carbons (Fsp3) is 0.700. The number of hydrogen-bond donors (Lipinski definition) is 2. The standard InChI is InChI=1S/C20H33N3O4/c1-21-6-8-23(9-7-21)19-15-22(16-20(19)25)14-17-2-4-18(5-3-17)27-13-12-26-11-10-24/h2-5,19-20,24-25H,6-16H2,1H3/t19-,20-/m0/s1. The summed E-state index contributed by atoms with van der Waals surface area (Å²) in [7, 11) is 2.16. The van der Waals surface area contributed by atoms with Gasteiger partial charge in [-0.1, -0.05) is 12.1 Å². The molecule has 0 amide bonds. The molecule has 0 unspecified atom stereocenters. The maximum atomic E-state index is 10.5. The fourth-order valence-electron chi connectivity index (χ4n) is 3.82. The van der Waals surface area contributed by atoms with E-state index in [0.717, 1.165) is 51.6 Å². The molecule has 27 heavy (non-hydrogen) atoms. The number of β-amino-alcohol motifs (C(OH)–C–C–N with tert-alkyl or cyclic N) is 1. The van der Waals surface area contributed by atoms with Crippen molar-refractivity contribution in [1.29, 1.82) is 0 Å².